The van der Waals surface area contributed by atoms with E-state index in [0.29, 0.717) is 31.5 Å². The molecule has 1 heterocycles. The molecular formula is C24H26F3NO2. The highest BCUT2D eigenvalue weighted by Crippen LogP contribution is 2.38. The van der Waals surface area contributed by atoms with Crippen LogP contribution in [0.1, 0.15) is 41.5 Å². The van der Waals surface area contributed by atoms with Crippen LogP contribution >= 0.6 is 0 Å². The molecule has 2 aromatic carbocycles. The monoisotopic (exact) mass is 417 g/mol. The van der Waals surface area contributed by atoms with Crippen LogP contribution in [0.2, 0.25) is 0 Å². The van der Waals surface area contributed by atoms with Crippen molar-refractivity contribution < 1.29 is 23.1 Å². The number of alkyl halides is 3. The van der Waals surface area contributed by atoms with Crippen molar-refractivity contribution in [3.05, 3.63) is 76.9 Å². The summed E-state index contributed by atoms with van der Waals surface area (Å²) in [5, 5.41) is 9.26. The lowest BCUT2D eigenvalue weighted by Crippen LogP contribution is -2.39. The van der Waals surface area contributed by atoms with Crippen molar-refractivity contribution in [3.8, 4) is 0 Å². The van der Waals surface area contributed by atoms with Crippen LogP contribution in [-0.2, 0) is 11.0 Å². The zero-order valence-corrected chi connectivity index (χ0v) is 17.0. The molecule has 160 valence electrons. The summed E-state index contributed by atoms with van der Waals surface area (Å²) in [5.41, 5.74) is 1.76. The summed E-state index contributed by atoms with van der Waals surface area (Å²) in [5.74, 6) is -1.15. The third-order valence-corrected chi connectivity index (χ3v) is 5.61. The zero-order valence-electron chi connectivity index (χ0n) is 17.0. The number of benzene rings is 2. The molecule has 0 amide bonds. The van der Waals surface area contributed by atoms with Gasteiger partial charge in [-0.1, -0.05) is 48.5 Å². The van der Waals surface area contributed by atoms with Gasteiger partial charge in [0.1, 0.15) is 0 Å². The van der Waals surface area contributed by atoms with E-state index in [4.69, 9.17) is 0 Å². The van der Waals surface area contributed by atoms with Gasteiger partial charge in [-0.25, -0.2) is 0 Å². The molecule has 1 atom stereocenters. The van der Waals surface area contributed by atoms with Gasteiger partial charge in [0, 0.05) is 13.1 Å². The maximum atomic E-state index is 13.7. The van der Waals surface area contributed by atoms with Crippen LogP contribution in [0.3, 0.4) is 0 Å². The Labute approximate surface area is 174 Å². The highest BCUT2D eigenvalue weighted by molar-refractivity contribution is 5.83. The standard InChI is InChI=1S/C24H26F3NO2/c1-17-8-2-3-10-19(17)20(21-11-4-5-13-22(21)24(25,26)27)12-7-15-28-14-6-9-18(16-28)23(29)30/h2-5,8,10-13,18H,6-7,9,14-16H2,1H3,(H,29,30)/b20-12+/t18-/m1/s1. The SMILES string of the molecule is Cc1ccccc1/C(=C\CCN1CCC[C@@H](C(=O)O)C1)c1ccccc1C(F)(F)F. The minimum atomic E-state index is -4.44. The van der Waals surface area contributed by atoms with Gasteiger partial charge in [-0.15, -0.1) is 0 Å². The molecule has 0 spiro atoms. The van der Waals surface area contributed by atoms with E-state index >= 15 is 0 Å². The first-order valence-electron chi connectivity index (χ1n) is 10.2. The van der Waals surface area contributed by atoms with E-state index in [9.17, 15) is 23.1 Å². The molecule has 0 aliphatic carbocycles. The maximum Gasteiger partial charge on any atom is 0.417 e. The van der Waals surface area contributed by atoms with E-state index in [1.807, 2.05) is 37.3 Å². The number of rotatable bonds is 6. The summed E-state index contributed by atoms with van der Waals surface area (Å²) in [4.78, 5) is 13.4. The normalized spacial score (nSPS) is 18.4. The fraction of sp³-hybridized carbons (Fsp3) is 0.375. The van der Waals surface area contributed by atoms with Crippen LogP contribution in [0.5, 0.6) is 0 Å². The van der Waals surface area contributed by atoms with Crippen molar-refractivity contribution in [1.29, 1.82) is 0 Å². The number of likely N-dealkylation sites (tertiary alicyclic amines) is 1. The first-order valence-corrected chi connectivity index (χ1v) is 10.2. The highest BCUT2D eigenvalue weighted by Gasteiger charge is 2.34. The second-order valence-electron chi connectivity index (χ2n) is 7.74. The van der Waals surface area contributed by atoms with Crippen molar-refractivity contribution in [3.63, 3.8) is 0 Å². The Morgan fingerprint density at radius 3 is 2.47 bits per heavy atom. The molecule has 0 radical (unpaired) electrons. The fourth-order valence-electron chi connectivity index (χ4n) is 4.06. The minimum Gasteiger partial charge on any atom is -0.481 e. The molecule has 6 heteroatoms. The average Bonchev–Trinajstić information content (AvgIpc) is 2.72. The number of carboxylic acids is 1. The van der Waals surface area contributed by atoms with Crippen molar-refractivity contribution in [1.82, 2.24) is 4.90 Å². The summed E-state index contributed by atoms with van der Waals surface area (Å²) < 4.78 is 41.0. The first-order chi connectivity index (χ1) is 14.3. The molecule has 0 bridgehead atoms. The summed E-state index contributed by atoms with van der Waals surface area (Å²) in [6.45, 7) is 3.81. The van der Waals surface area contributed by atoms with E-state index in [2.05, 4.69) is 4.90 Å². The lowest BCUT2D eigenvalue weighted by molar-refractivity contribution is -0.143. The number of halogens is 3. The molecule has 2 aromatic rings. The number of aryl methyl sites for hydroxylation is 1. The zero-order chi connectivity index (χ0) is 21.7. The van der Waals surface area contributed by atoms with Gasteiger partial charge >= 0.3 is 12.1 Å². The number of aliphatic carboxylic acids is 1. The molecular weight excluding hydrogens is 391 g/mol. The van der Waals surface area contributed by atoms with E-state index in [1.165, 1.54) is 12.1 Å². The topological polar surface area (TPSA) is 40.5 Å². The van der Waals surface area contributed by atoms with Gasteiger partial charge in [0.15, 0.2) is 0 Å². The number of carbonyl (C=O) groups is 1. The van der Waals surface area contributed by atoms with Gasteiger partial charge in [-0.2, -0.15) is 13.2 Å². The Balaban J connectivity index is 1.90. The van der Waals surface area contributed by atoms with Crippen LogP contribution in [0.15, 0.2) is 54.6 Å². The highest BCUT2D eigenvalue weighted by atomic mass is 19.4. The van der Waals surface area contributed by atoms with Gasteiger partial charge < -0.3 is 10.0 Å². The number of nitrogens with zero attached hydrogens (tertiary/aromatic N) is 1. The molecule has 1 fully saturated rings. The molecule has 1 aliphatic rings. The molecule has 30 heavy (non-hydrogen) atoms. The Bertz CT molecular complexity index is 921. The van der Waals surface area contributed by atoms with Crippen LogP contribution < -0.4 is 0 Å². The molecule has 0 aromatic heterocycles. The molecule has 1 N–H and O–H groups in total. The van der Waals surface area contributed by atoms with E-state index in [0.717, 1.165) is 30.2 Å². The van der Waals surface area contributed by atoms with Crippen molar-refractivity contribution in [2.75, 3.05) is 19.6 Å². The van der Waals surface area contributed by atoms with E-state index in [-0.39, 0.29) is 11.5 Å². The van der Waals surface area contributed by atoms with Crippen molar-refractivity contribution in [2.45, 2.75) is 32.4 Å². The van der Waals surface area contributed by atoms with Gasteiger partial charge in [0.2, 0.25) is 0 Å². The van der Waals surface area contributed by atoms with Crippen LogP contribution in [0.25, 0.3) is 5.57 Å². The smallest absolute Gasteiger partial charge is 0.417 e. The predicted octanol–water partition coefficient (Wildman–Crippen LogP) is 5.63. The largest absolute Gasteiger partial charge is 0.481 e. The van der Waals surface area contributed by atoms with Crippen molar-refractivity contribution >= 4 is 11.5 Å². The third-order valence-electron chi connectivity index (χ3n) is 5.61. The predicted molar refractivity (Wildman–Crippen MR) is 111 cm³/mol. The Morgan fingerprint density at radius 2 is 1.80 bits per heavy atom. The molecule has 0 unspecified atom stereocenters. The summed E-state index contributed by atoms with van der Waals surface area (Å²) in [6, 6.07) is 13.1. The number of hydrogen-bond donors (Lipinski definition) is 1. The lowest BCUT2D eigenvalue weighted by Gasteiger charge is -2.30. The van der Waals surface area contributed by atoms with E-state index < -0.39 is 17.7 Å². The average molecular weight is 417 g/mol. The summed E-state index contributed by atoms with van der Waals surface area (Å²) in [7, 11) is 0. The van der Waals surface area contributed by atoms with Crippen LogP contribution in [0.4, 0.5) is 13.2 Å². The first kappa shape index (κ1) is 22.1. The van der Waals surface area contributed by atoms with Gasteiger partial charge in [-0.3, -0.25) is 4.79 Å². The molecule has 1 saturated heterocycles. The fourth-order valence-corrected chi connectivity index (χ4v) is 4.06. The maximum absolute atomic E-state index is 13.7. The van der Waals surface area contributed by atoms with Gasteiger partial charge in [0.05, 0.1) is 11.5 Å². The quantitative estimate of drug-likeness (QED) is 0.662. The van der Waals surface area contributed by atoms with Gasteiger partial charge in [-0.05, 0) is 61.1 Å². The molecule has 3 rings (SSSR count). The number of carboxylic acid groups (broad SMARTS) is 1. The summed E-state index contributed by atoms with van der Waals surface area (Å²) in [6.07, 6.45) is -0.545. The van der Waals surface area contributed by atoms with E-state index in [1.54, 1.807) is 6.07 Å². The summed E-state index contributed by atoms with van der Waals surface area (Å²) >= 11 is 0. The van der Waals surface area contributed by atoms with Crippen LogP contribution in [0, 0.1) is 12.8 Å². The second-order valence-corrected chi connectivity index (χ2v) is 7.74. The van der Waals surface area contributed by atoms with Gasteiger partial charge in [0.25, 0.3) is 0 Å². The molecule has 1 aliphatic heterocycles. The second kappa shape index (κ2) is 9.47. The Hall–Kier alpha value is -2.60. The minimum absolute atomic E-state index is 0.168. The Kier molecular flexibility index (Phi) is 6.98. The van der Waals surface area contributed by atoms with Crippen LogP contribution in [-0.4, -0.2) is 35.6 Å². The Morgan fingerprint density at radius 1 is 1.13 bits per heavy atom. The molecule has 0 saturated carbocycles. The van der Waals surface area contributed by atoms with Crippen molar-refractivity contribution in [2.24, 2.45) is 5.92 Å². The molecule has 3 nitrogen and oxygen atoms in total. The number of piperidine rings is 1. The number of hydrogen-bond acceptors (Lipinski definition) is 2. The third kappa shape index (κ3) is 5.30. The lowest BCUT2D eigenvalue weighted by atomic mass is 9.90.